The number of nitrogens with one attached hydrogen (secondary N) is 1. The summed E-state index contributed by atoms with van der Waals surface area (Å²) in [5.41, 5.74) is 0. The minimum absolute atomic E-state index is 0.0162. The average molecular weight is 320 g/mol. The van der Waals surface area contributed by atoms with Crippen molar-refractivity contribution in [3.63, 3.8) is 0 Å². The summed E-state index contributed by atoms with van der Waals surface area (Å²) in [4.78, 5) is 22.1. The number of carboxylic acid groups (broad SMARTS) is 1. The van der Waals surface area contributed by atoms with Gasteiger partial charge in [-0.15, -0.1) is 11.3 Å². The van der Waals surface area contributed by atoms with Crippen LogP contribution in [0.25, 0.3) is 0 Å². The van der Waals surface area contributed by atoms with Crippen molar-refractivity contribution in [1.29, 1.82) is 0 Å². The van der Waals surface area contributed by atoms with E-state index in [0.29, 0.717) is 11.3 Å². The first-order valence-electron chi connectivity index (χ1n) is 5.71. The van der Waals surface area contributed by atoms with Gasteiger partial charge >= 0.3 is 5.97 Å². The molecule has 0 aliphatic carbocycles. The Morgan fingerprint density at radius 1 is 1.45 bits per heavy atom. The number of carboxylic acids is 1. The van der Waals surface area contributed by atoms with E-state index >= 15 is 0 Å². The van der Waals surface area contributed by atoms with Gasteiger partial charge in [0.1, 0.15) is 9.09 Å². The van der Waals surface area contributed by atoms with Gasteiger partial charge in [-0.1, -0.05) is 6.92 Å². The molecule has 1 heterocycles. The molecule has 0 fully saturated rings. The Bertz CT molecular complexity index is 608. The van der Waals surface area contributed by atoms with Gasteiger partial charge in [0.25, 0.3) is 10.0 Å². The van der Waals surface area contributed by atoms with Crippen molar-refractivity contribution in [2.45, 2.75) is 11.1 Å². The molecule has 0 aromatic carbocycles. The van der Waals surface area contributed by atoms with Gasteiger partial charge in [0.05, 0.1) is 0 Å². The van der Waals surface area contributed by atoms with Crippen LogP contribution in [0.1, 0.15) is 16.6 Å². The predicted molar refractivity (Wildman–Crippen MR) is 74.3 cm³/mol. The molecule has 0 saturated carbocycles. The first-order chi connectivity index (χ1) is 9.20. The van der Waals surface area contributed by atoms with Gasteiger partial charge < -0.3 is 10.4 Å². The smallest absolute Gasteiger partial charge is 0.345 e. The van der Waals surface area contributed by atoms with Gasteiger partial charge in [-0.05, 0) is 12.1 Å². The maximum atomic E-state index is 12.2. The van der Waals surface area contributed by atoms with Gasteiger partial charge in [-0.25, -0.2) is 13.2 Å². The second-order valence-corrected chi connectivity index (χ2v) is 7.58. The molecule has 0 radical (unpaired) electrons. The number of sulfonamides is 1. The molecule has 1 unspecified atom stereocenters. The van der Waals surface area contributed by atoms with Crippen LogP contribution >= 0.6 is 11.3 Å². The average Bonchev–Trinajstić information content (AvgIpc) is 2.87. The van der Waals surface area contributed by atoms with E-state index in [1.165, 1.54) is 26.2 Å². The molecule has 1 rings (SSSR count). The number of rotatable bonds is 6. The number of aromatic carboxylic acids is 1. The van der Waals surface area contributed by atoms with Crippen LogP contribution in [-0.2, 0) is 14.8 Å². The number of hydrogen-bond donors (Lipinski definition) is 2. The van der Waals surface area contributed by atoms with Crippen molar-refractivity contribution in [2.24, 2.45) is 5.92 Å². The minimum Gasteiger partial charge on any atom is -0.477 e. The standard InChI is InChI=1S/C11H16N2O5S2/c1-7(10(14)12-2)6-13(3)20(17,18)9-5-4-8(19-9)11(15)16/h4-5,7H,6H2,1-3H3,(H,12,14)(H,15,16). The number of thiophene rings is 1. The fourth-order valence-electron chi connectivity index (χ4n) is 1.54. The summed E-state index contributed by atoms with van der Waals surface area (Å²) < 4.78 is 25.4. The Kier molecular flexibility index (Phi) is 5.26. The largest absolute Gasteiger partial charge is 0.477 e. The molecule has 1 atom stereocenters. The van der Waals surface area contributed by atoms with Gasteiger partial charge in [-0.2, -0.15) is 4.31 Å². The normalized spacial score (nSPS) is 13.2. The van der Waals surface area contributed by atoms with Crippen molar-refractivity contribution in [1.82, 2.24) is 9.62 Å². The van der Waals surface area contributed by atoms with E-state index in [1.807, 2.05) is 0 Å². The summed E-state index contributed by atoms with van der Waals surface area (Å²) in [6.45, 7) is 1.63. The first kappa shape index (κ1) is 16.6. The summed E-state index contributed by atoms with van der Waals surface area (Å²) in [6.07, 6.45) is 0. The Morgan fingerprint density at radius 2 is 2.05 bits per heavy atom. The molecule has 1 aromatic rings. The lowest BCUT2D eigenvalue weighted by Crippen LogP contribution is -2.37. The number of amides is 1. The van der Waals surface area contributed by atoms with Crippen molar-refractivity contribution < 1.29 is 23.1 Å². The zero-order valence-corrected chi connectivity index (χ0v) is 12.9. The Balaban J connectivity index is 2.92. The molecule has 1 amide bonds. The summed E-state index contributed by atoms with van der Waals surface area (Å²) in [6, 6.07) is 2.50. The summed E-state index contributed by atoms with van der Waals surface area (Å²) in [5.74, 6) is -1.93. The van der Waals surface area contributed by atoms with Crippen LogP contribution in [0, 0.1) is 5.92 Å². The molecule has 2 N–H and O–H groups in total. The zero-order chi connectivity index (χ0) is 15.5. The molecular weight excluding hydrogens is 304 g/mol. The predicted octanol–water partition coefficient (Wildman–Crippen LogP) is 0.449. The highest BCUT2D eigenvalue weighted by Gasteiger charge is 2.26. The lowest BCUT2D eigenvalue weighted by atomic mass is 10.2. The van der Waals surface area contributed by atoms with Crippen LogP contribution in [-0.4, -0.2) is 50.3 Å². The molecule has 1 aromatic heterocycles. The Labute approximate surface area is 121 Å². The number of carbonyl (C=O) groups excluding carboxylic acids is 1. The lowest BCUT2D eigenvalue weighted by molar-refractivity contribution is -0.124. The highest BCUT2D eigenvalue weighted by Crippen LogP contribution is 2.24. The zero-order valence-electron chi connectivity index (χ0n) is 11.3. The number of hydrogen-bond acceptors (Lipinski definition) is 5. The lowest BCUT2D eigenvalue weighted by Gasteiger charge is -2.19. The quantitative estimate of drug-likeness (QED) is 0.792. The maximum absolute atomic E-state index is 12.2. The monoisotopic (exact) mass is 320 g/mol. The van der Waals surface area contributed by atoms with Crippen molar-refractivity contribution in [2.75, 3.05) is 20.6 Å². The van der Waals surface area contributed by atoms with Crippen LogP contribution in [0.4, 0.5) is 0 Å². The molecule has 0 saturated heterocycles. The van der Waals surface area contributed by atoms with E-state index < -0.39 is 21.9 Å². The summed E-state index contributed by atoms with van der Waals surface area (Å²) in [7, 11) is -0.946. The van der Waals surface area contributed by atoms with Crippen molar-refractivity contribution in [3.8, 4) is 0 Å². The van der Waals surface area contributed by atoms with Gasteiger partial charge in [0.15, 0.2) is 0 Å². The highest BCUT2D eigenvalue weighted by atomic mass is 32.2. The van der Waals surface area contributed by atoms with Gasteiger partial charge in [-0.3, -0.25) is 4.79 Å². The SMILES string of the molecule is CNC(=O)C(C)CN(C)S(=O)(=O)c1ccc(C(=O)O)s1. The van der Waals surface area contributed by atoms with E-state index in [9.17, 15) is 18.0 Å². The number of nitrogens with zero attached hydrogens (tertiary/aromatic N) is 1. The van der Waals surface area contributed by atoms with E-state index in [4.69, 9.17) is 5.11 Å². The third-order valence-electron chi connectivity index (χ3n) is 2.68. The molecule has 0 bridgehead atoms. The van der Waals surface area contributed by atoms with E-state index in [2.05, 4.69) is 5.32 Å². The van der Waals surface area contributed by atoms with Gasteiger partial charge in [0, 0.05) is 26.6 Å². The summed E-state index contributed by atoms with van der Waals surface area (Å²) >= 11 is 0.688. The molecule has 7 nitrogen and oxygen atoms in total. The third-order valence-corrected chi connectivity index (χ3v) is 6.05. The maximum Gasteiger partial charge on any atom is 0.345 e. The summed E-state index contributed by atoms with van der Waals surface area (Å²) in [5, 5.41) is 11.2. The van der Waals surface area contributed by atoms with E-state index in [-0.39, 0.29) is 21.5 Å². The fourth-order valence-corrected chi connectivity index (χ4v) is 4.16. The van der Waals surface area contributed by atoms with E-state index in [0.717, 1.165) is 4.31 Å². The molecule has 0 aliphatic heterocycles. The van der Waals surface area contributed by atoms with Crippen LogP contribution in [0.2, 0.25) is 0 Å². The topological polar surface area (TPSA) is 104 Å². The number of carbonyl (C=O) groups is 2. The minimum atomic E-state index is -3.78. The van der Waals surface area contributed by atoms with Crippen LogP contribution in [0.5, 0.6) is 0 Å². The highest BCUT2D eigenvalue weighted by molar-refractivity contribution is 7.91. The molecular formula is C11H16N2O5S2. The van der Waals surface area contributed by atoms with Crippen molar-refractivity contribution in [3.05, 3.63) is 17.0 Å². The molecule has 20 heavy (non-hydrogen) atoms. The third kappa shape index (κ3) is 3.56. The fraction of sp³-hybridized carbons (Fsp3) is 0.455. The Hall–Kier alpha value is -1.45. The van der Waals surface area contributed by atoms with Crippen LogP contribution in [0.3, 0.4) is 0 Å². The molecule has 9 heteroatoms. The van der Waals surface area contributed by atoms with Crippen molar-refractivity contribution >= 4 is 33.2 Å². The molecule has 0 aliphatic rings. The second kappa shape index (κ2) is 6.33. The first-order valence-corrected chi connectivity index (χ1v) is 7.97. The Morgan fingerprint density at radius 3 is 2.50 bits per heavy atom. The van der Waals surface area contributed by atoms with Crippen LogP contribution < -0.4 is 5.32 Å². The van der Waals surface area contributed by atoms with Crippen LogP contribution in [0.15, 0.2) is 16.3 Å². The van der Waals surface area contributed by atoms with Gasteiger partial charge in [0.2, 0.25) is 5.91 Å². The van der Waals surface area contributed by atoms with E-state index in [1.54, 1.807) is 6.92 Å². The molecule has 112 valence electrons. The second-order valence-electron chi connectivity index (χ2n) is 4.22. The molecule has 0 spiro atoms.